The Balaban J connectivity index is 0.00000165. The fourth-order valence-corrected chi connectivity index (χ4v) is 5.84. The number of nitrogens with zero attached hydrogens (tertiary/aromatic N) is 5. The molecule has 3 aromatic carbocycles. The van der Waals surface area contributed by atoms with Crippen LogP contribution in [0.15, 0.2) is 60.2 Å². The molecule has 0 saturated heterocycles. The normalized spacial score (nSPS) is 14.7. The first-order valence-corrected chi connectivity index (χ1v) is 13.5. The van der Waals surface area contributed by atoms with Gasteiger partial charge in [-0.1, -0.05) is 41.0 Å². The molecule has 2 heterocycles. The van der Waals surface area contributed by atoms with Crippen molar-refractivity contribution in [3.8, 4) is 0 Å². The predicted molar refractivity (Wildman–Crippen MR) is 163 cm³/mol. The van der Waals surface area contributed by atoms with Crippen LogP contribution in [0.5, 0.6) is 0 Å². The Bertz CT molecular complexity index is 1560. The van der Waals surface area contributed by atoms with E-state index in [4.69, 9.17) is 11.8 Å². The van der Waals surface area contributed by atoms with Gasteiger partial charge in [-0.3, -0.25) is 0 Å². The van der Waals surface area contributed by atoms with Gasteiger partial charge < -0.3 is 31.4 Å². The summed E-state index contributed by atoms with van der Waals surface area (Å²) in [7, 11) is 0. The van der Waals surface area contributed by atoms with Gasteiger partial charge in [0.1, 0.15) is 0 Å². The summed E-state index contributed by atoms with van der Waals surface area (Å²) in [4.78, 5) is 7.48. The van der Waals surface area contributed by atoms with E-state index in [0.29, 0.717) is 11.4 Å². The molecule has 0 aliphatic carbocycles. The maximum Gasteiger partial charge on any atom is 4.00 e. The van der Waals surface area contributed by atoms with Gasteiger partial charge in [0.15, 0.2) is 0 Å². The van der Waals surface area contributed by atoms with Crippen LogP contribution in [-0.2, 0) is 27.2 Å². The zero-order valence-corrected chi connectivity index (χ0v) is 27.7. The molecular weight excluding hydrogens is 730 g/mol. The molecule has 0 atom stereocenters. The molecule has 5 rings (SSSR count). The monoisotopic (exact) mass is 764 g/mol. The van der Waals surface area contributed by atoms with E-state index in [1.165, 1.54) is 17.2 Å². The summed E-state index contributed by atoms with van der Waals surface area (Å²) in [6.45, 7) is 24.6. The standard InChI is InChI=1S/C33H34F3N4.CN.Pt/c1-20-11-22(3)31(23(4)12-20)38-10-9-37(18-38)29-15-28(33(34,35)36)16-30(17-29)39-19-40(27(8)26(39)7)32-24(5)13-21(2)14-25(32)6;1-2;/h9-16,18-19H,1-8H3;;/q-3;-1;+4. The number of rotatable bonds is 4. The molecule has 0 N–H and O–H groups in total. The quantitative estimate of drug-likeness (QED) is 0.248. The number of allylic oxidation sites excluding steroid dienone is 2. The smallest absolute Gasteiger partial charge is 0.512 e. The van der Waals surface area contributed by atoms with E-state index in [-0.39, 0.29) is 21.1 Å². The Hall–Kier alpha value is -3.69. The van der Waals surface area contributed by atoms with E-state index >= 15 is 0 Å². The van der Waals surface area contributed by atoms with Gasteiger partial charge in [-0.2, -0.15) is 13.2 Å². The van der Waals surface area contributed by atoms with Crippen LogP contribution in [-0.4, -0.2) is 0 Å². The van der Waals surface area contributed by atoms with Crippen LogP contribution in [0.25, 0.3) is 0 Å². The van der Waals surface area contributed by atoms with Crippen LogP contribution in [0.4, 0.5) is 35.9 Å². The first-order valence-electron chi connectivity index (χ1n) is 13.5. The number of halogens is 3. The van der Waals surface area contributed by atoms with Crippen LogP contribution in [0.2, 0.25) is 0 Å². The third kappa shape index (κ3) is 6.63. The second-order valence-electron chi connectivity index (χ2n) is 10.9. The predicted octanol–water partition coefficient (Wildman–Crippen LogP) is 9.06. The van der Waals surface area contributed by atoms with E-state index in [1.807, 2.05) is 45.5 Å². The first kappa shape index (κ1) is 33.8. The molecule has 3 aromatic rings. The minimum absolute atomic E-state index is 0. The van der Waals surface area contributed by atoms with Crippen LogP contribution < -0.4 is 19.6 Å². The summed E-state index contributed by atoms with van der Waals surface area (Å²) < 4.78 is 42.4. The largest absolute Gasteiger partial charge is 4.00 e. The fraction of sp³-hybridized carbons (Fsp3) is 0.265. The van der Waals surface area contributed by atoms with Crippen molar-refractivity contribution in [3.05, 3.63) is 125 Å². The average Bonchev–Trinajstić information content (AvgIpc) is 3.49. The van der Waals surface area contributed by atoms with Gasteiger partial charge in [0.05, 0.1) is 0 Å². The summed E-state index contributed by atoms with van der Waals surface area (Å²) >= 11 is 0. The minimum Gasteiger partial charge on any atom is -0.512 e. The summed E-state index contributed by atoms with van der Waals surface area (Å²) in [5.41, 5.74) is 10.5. The summed E-state index contributed by atoms with van der Waals surface area (Å²) in [6, 6.07) is 14.0. The molecule has 2 aliphatic heterocycles. The molecule has 9 heteroatoms. The Kier molecular flexibility index (Phi) is 10.1. The van der Waals surface area contributed by atoms with E-state index in [1.54, 1.807) is 22.7 Å². The average molecular weight is 765 g/mol. The Labute approximate surface area is 267 Å². The Morgan fingerprint density at radius 1 is 0.628 bits per heavy atom. The molecule has 0 unspecified atom stereocenters. The molecule has 0 spiro atoms. The van der Waals surface area contributed by atoms with Gasteiger partial charge in [-0.05, 0) is 90.0 Å². The van der Waals surface area contributed by atoms with Gasteiger partial charge in [0.2, 0.25) is 0 Å². The fourth-order valence-electron chi connectivity index (χ4n) is 5.84. The number of anilines is 4. The van der Waals surface area contributed by atoms with Gasteiger partial charge in [-0.15, -0.1) is 42.9 Å². The molecule has 0 fully saturated rings. The van der Waals surface area contributed by atoms with E-state index in [2.05, 4.69) is 62.9 Å². The maximum absolute atomic E-state index is 14.1. The molecule has 0 saturated carbocycles. The van der Waals surface area contributed by atoms with Crippen molar-refractivity contribution in [2.45, 2.75) is 61.6 Å². The molecule has 0 bridgehead atoms. The van der Waals surface area contributed by atoms with Crippen LogP contribution in [0.1, 0.15) is 52.8 Å². The molecule has 43 heavy (non-hydrogen) atoms. The van der Waals surface area contributed by atoms with Crippen LogP contribution in [0, 0.1) is 72.8 Å². The third-order valence-corrected chi connectivity index (χ3v) is 7.59. The molecule has 2 aliphatic rings. The minimum atomic E-state index is -4.51. The van der Waals surface area contributed by atoms with Crippen LogP contribution in [0.3, 0.4) is 0 Å². The third-order valence-electron chi connectivity index (χ3n) is 7.59. The van der Waals surface area contributed by atoms with Crippen molar-refractivity contribution in [1.29, 1.82) is 5.26 Å². The number of alkyl halides is 3. The summed E-state index contributed by atoms with van der Waals surface area (Å²) in [6.07, 6.45) is -0.885. The van der Waals surface area contributed by atoms with Gasteiger partial charge in [0.25, 0.3) is 0 Å². The first-order chi connectivity index (χ1) is 19.7. The number of aryl methyl sites for hydroxylation is 6. The topological polar surface area (TPSA) is 36.8 Å². The van der Waals surface area contributed by atoms with E-state index in [9.17, 15) is 13.2 Å². The zero-order chi connectivity index (χ0) is 31.1. The molecular formula is C34H34F3N5Pt. The van der Waals surface area contributed by atoms with Crippen molar-refractivity contribution >= 4 is 22.7 Å². The van der Waals surface area contributed by atoms with E-state index in [0.717, 1.165) is 51.1 Å². The molecule has 0 aromatic heterocycles. The van der Waals surface area contributed by atoms with Gasteiger partial charge >= 0.3 is 27.2 Å². The summed E-state index contributed by atoms with van der Waals surface area (Å²) in [5.74, 6) is 0. The van der Waals surface area contributed by atoms with Crippen molar-refractivity contribution in [2.75, 3.05) is 19.6 Å². The number of hydrogen-bond acceptors (Lipinski definition) is 5. The number of hydrogen-bond donors (Lipinski definition) is 0. The zero-order valence-electron chi connectivity index (χ0n) is 25.5. The Morgan fingerprint density at radius 3 is 1.58 bits per heavy atom. The second-order valence-corrected chi connectivity index (χ2v) is 10.9. The van der Waals surface area contributed by atoms with Crippen molar-refractivity contribution in [3.63, 3.8) is 0 Å². The molecule has 5 nitrogen and oxygen atoms in total. The maximum atomic E-state index is 14.1. The molecule has 0 radical (unpaired) electrons. The van der Waals surface area contributed by atoms with Crippen molar-refractivity contribution in [2.24, 2.45) is 0 Å². The van der Waals surface area contributed by atoms with Crippen molar-refractivity contribution in [1.82, 2.24) is 0 Å². The molecule has 226 valence electrons. The SMILES string of the molecule is CC1=C(C)N(c2c(C)cc(C)cc2C)[CH-]N1c1[c-]c(N2C=CN(c3c(C)cc(C)cc3C)[CH-]2)cc(C(F)(F)F)c1.[C-]#N.[Pt+4]. The van der Waals surface area contributed by atoms with E-state index < -0.39 is 11.7 Å². The van der Waals surface area contributed by atoms with Crippen molar-refractivity contribution < 1.29 is 34.2 Å². The number of benzene rings is 3. The molecule has 0 amide bonds. The van der Waals surface area contributed by atoms with Gasteiger partial charge in [0, 0.05) is 22.8 Å². The van der Waals surface area contributed by atoms with Gasteiger partial charge in [-0.25, -0.2) is 0 Å². The summed E-state index contributed by atoms with van der Waals surface area (Å²) in [5, 5.41) is 6.25. The van der Waals surface area contributed by atoms with Crippen LogP contribution >= 0.6 is 0 Å². The second kappa shape index (κ2) is 12.9. The Morgan fingerprint density at radius 2 is 1.07 bits per heavy atom.